The van der Waals surface area contributed by atoms with Crippen molar-refractivity contribution in [2.24, 2.45) is 45.5 Å². The van der Waals surface area contributed by atoms with Crippen molar-refractivity contribution >= 4 is 11.7 Å². The molecule has 0 spiro atoms. The van der Waals surface area contributed by atoms with E-state index in [9.17, 15) is 0 Å². The van der Waals surface area contributed by atoms with Crippen LogP contribution in [-0.4, -0.2) is 59.6 Å². The maximum absolute atomic E-state index is 7.32. The van der Waals surface area contributed by atoms with Gasteiger partial charge < -0.3 is 20.3 Å². The Labute approximate surface area is 374 Å². The van der Waals surface area contributed by atoms with Gasteiger partial charge in [-0.25, -0.2) is 9.98 Å². The summed E-state index contributed by atoms with van der Waals surface area (Å²) in [5, 5.41) is 8.18. The molecule has 322 valence electrons. The Balaban J connectivity index is 0.909. The molecule has 63 heavy (non-hydrogen) atoms. The molecule has 4 aliphatic heterocycles. The highest BCUT2D eigenvalue weighted by Crippen LogP contribution is 2.57. The van der Waals surface area contributed by atoms with E-state index in [1.54, 1.807) is 22.4 Å². The first-order chi connectivity index (χ1) is 31.2. The standard InChI is InChI=1S/C57H63N5O/c1-36-17-16-28-45-46-31-32-49-51(54(46)62(53(36)45)42-24-12-5-13-25-42)47-30-29-40(34-50(47)63-49)52-48(33-41(35-58-52)44-27-15-14-26-43(44)37-18-6-2-7-19-37)57-60-55(38-20-8-3-9-21-38)59-56(61-57)39-22-10-4-11-23-39/h3-6,8-13,16-24,28,33-34,36,41-44,47,49-53,57-58H,2,7,14-15,25-27,29-32,35H2,1H3,(H,59,60,61)/t36?,41?,42?,43?,44-,47?,49?,50?,51?,52?,53?/m0/s1. The molecule has 0 amide bonds. The number of aliphatic imine (C=N–C) groups is 2. The first-order valence-corrected chi connectivity index (χ1v) is 24.6. The van der Waals surface area contributed by atoms with Crippen molar-refractivity contribution in [1.82, 2.24) is 15.5 Å². The van der Waals surface area contributed by atoms with Crippen molar-refractivity contribution in [3.05, 3.63) is 178 Å². The molecule has 6 nitrogen and oxygen atoms in total. The zero-order chi connectivity index (χ0) is 41.9. The van der Waals surface area contributed by atoms with Crippen molar-refractivity contribution in [2.45, 2.75) is 114 Å². The van der Waals surface area contributed by atoms with Gasteiger partial charge in [0.15, 0.2) is 5.84 Å². The zero-order valence-electron chi connectivity index (χ0n) is 36.9. The van der Waals surface area contributed by atoms with Crippen LogP contribution in [0.5, 0.6) is 0 Å². The number of fused-ring (bicyclic) bond motifs is 6. The molecule has 4 heterocycles. The average molecular weight is 834 g/mol. The molecular formula is C57H63N5O. The Morgan fingerprint density at radius 3 is 2.49 bits per heavy atom. The number of allylic oxidation sites excluding steroid dienone is 8. The first-order valence-electron chi connectivity index (χ1n) is 24.6. The van der Waals surface area contributed by atoms with Gasteiger partial charge in [0.25, 0.3) is 0 Å². The molecule has 10 aliphatic rings. The van der Waals surface area contributed by atoms with Gasteiger partial charge in [-0.05, 0) is 110 Å². The van der Waals surface area contributed by atoms with Crippen LogP contribution in [0, 0.1) is 35.5 Å². The highest BCUT2D eigenvalue weighted by molar-refractivity contribution is 6.13. The first kappa shape index (κ1) is 39.5. The molecule has 6 aliphatic carbocycles. The summed E-state index contributed by atoms with van der Waals surface area (Å²) in [6.45, 7) is 3.42. The number of hydrogen-bond donors (Lipinski definition) is 2. The summed E-state index contributed by atoms with van der Waals surface area (Å²) in [7, 11) is 0. The summed E-state index contributed by atoms with van der Waals surface area (Å²) in [5.74, 6) is 4.72. The maximum atomic E-state index is 7.32. The molecular weight excluding hydrogens is 771 g/mol. The molecule has 2 N–H and O–H groups in total. The Morgan fingerprint density at radius 1 is 0.810 bits per heavy atom. The lowest BCUT2D eigenvalue weighted by Gasteiger charge is -2.44. The third kappa shape index (κ3) is 7.17. The van der Waals surface area contributed by atoms with Crippen LogP contribution < -0.4 is 10.6 Å². The van der Waals surface area contributed by atoms with Gasteiger partial charge in [0.05, 0.1) is 30.3 Å². The minimum atomic E-state index is -0.251. The van der Waals surface area contributed by atoms with Gasteiger partial charge in [-0.15, -0.1) is 0 Å². The number of nitrogens with zero attached hydrogens (tertiary/aromatic N) is 3. The Bertz CT molecular complexity index is 2440. The van der Waals surface area contributed by atoms with Crippen molar-refractivity contribution in [2.75, 3.05) is 6.54 Å². The molecule has 2 fully saturated rings. The van der Waals surface area contributed by atoms with E-state index in [4.69, 9.17) is 14.7 Å². The van der Waals surface area contributed by atoms with Gasteiger partial charge in [-0.2, -0.15) is 0 Å². The topological polar surface area (TPSA) is 61.2 Å². The van der Waals surface area contributed by atoms with E-state index in [2.05, 4.69) is 156 Å². The van der Waals surface area contributed by atoms with E-state index < -0.39 is 0 Å². The number of nitrogens with one attached hydrogen (secondary N) is 2. The molecule has 2 aromatic carbocycles. The van der Waals surface area contributed by atoms with Gasteiger partial charge in [0.1, 0.15) is 12.0 Å². The fraction of sp³-hybridized carbons (Fsp3) is 0.439. The van der Waals surface area contributed by atoms with Gasteiger partial charge in [-0.3, -0.25) is 0 Å². The lowest BCUT2D eigenvalue weighted by molar-refractivity contribution is 0.0428. The highest BCUT2D eigenvalue weighted by atomic mass is 16.5. The van der Waals surface area contributed by atoms with E-state index in [-0.39, 0.29) is 24.4 Å². The lowest BCUT2D eigenvalue weighted by atomic mass is 9.67. The minimum absolute atomic E-state index is 0.0783. The van der Waals surface area contributed by atoms with Crippen molar-refractivity contribution in [3.8, 4) is 0 Å². The molecule has 12 rings (SSSR count). The zero-order valence-corrected chi connectivity index (χ0v) is 36.9. The average Bonchev–Trinajstić information content (AvgIpc) is 3.91. The van der Waals surface area contributed by atoms with Crippen LogP contribution in [0.1, 0.15) is 88.7 Å². The van der Waals surface area contributed by atoms with Crippen molar-refractivity contribution in [1.29, 1.82) is 0 Å². The highest BCUT2D eigenvalue weighted by Gasteiger charge is 2.55. The Morgan fingerprint density at radius 2 is 1.67 bits per heavy atom. The third-order valence-electron chi connectivity index (χ3n) is 16.4. The third-order valence-corrected chi connectivity index (χ3v) is 16.4. The second-order valence-electron chi connectivity index (χ2n) is 19.9. The fourth-order valence-electron chi connectivity index (χ4n) is 13.6. The summed E-state index contributed by atoms with van der Waals surface area (Å²) in [5.41, 5.74) is 11.4. The van der Waals surface area contributed by atoms with Crippen LogP contribution in [0.4, 0.5) is 0 Å². The Hall–Kier alpha value is -5.04. The summed E-state index contributed by atoms with van der Waals surface area (Å²) >= 11 is 0. The molecule has 0 bridgehead atoms. The molecule has 0 aromatic heterocycles. The summed E-state index contributed by atoms with van der Waals surface area (Å²) < 4.78 is 7.32. The van der Waals surface area contributed by atoms with E-state index in [1.165, 1.54) is 49.7 Å². The fourth-order valence-corrected chi connectivity index (χ4v) is 13.6. The molecule has 2 aromatic rings. The number of rotatable bonds is 7. The smallest absolute Gasteiger partial charge is 0.159 e. The molecule has 12 atom stereocenters. The monoisotopic (exact) mass is 834 g/mol. The molecule has 11 unspecified atom stereocenters. The molecule has 1 saturated heterocycles. The van der Waals surface area contributed by atoms with Crippen molar-refractivity contribution < 1.29 is 4.74 Å². The normalized spacial score (nSPS) is 36.7. The second-order valence-corrected chi connectivity index (χ2v) is 19.9. The predicted octanol–water partition coefficient (Wildman–Crippen LogP) is 10.9. The minimum Gasteiger partial charge on any atom is -0.370 e. The van der Waals surface area contributed by atoms with Gasteiger partial charge in [0.2, 0.25) is 0 Å². The quantitative estimate of drug-likeness (QED) is 0.273. The van der Waals surface area contributed by atoms with Crippen LogP contribution in [-0.2, 0) is 4.74 Å². The van der Waals surface area contributed by atoms with Crippen LogP contribution >= 0.6 is 0 Å². The maximum Gasteiger partial charge on any atom is 0.159 e. The van der Waals surface area contributed by atoms with Gasteiger partial charge >= 0.3 is 0 Å². The Kier molecular flexibility index (Phi) is 10.6. The lowest BCUT2D eigenvalue weighted by Crippen LogP contribution is -2.51. The van der Waals surface area contributed by atoms with E-state index in [0.29, 0.717) is 47.6 Å². The molecule has 1 saturated carbocycles. The van der Waals surface area contributed by atoms with Crippen molar-refractivity contribution in [3.63, 3.8) is 0 Å². The number of ether oxygens (including phenoxy) is 1. The van der Waals surface area contributed by atoms with E-state index in [1.807, 2.05) is 0 Å². The summed E-state index contributed by atoms with van der Waals surface area (Å²) in [6, 6.07) is 22.1. The van der Waals surface area contributed by atoms with E-state index in [0.717, 1.165) is 61.4 Å². The van der Waals surface area contributed by atoms with E-state index >= 15 is 0 Å². The van der Waals surface area contributed by atoms with Crippen LogP contribution in [0.25, 0.3) is 0 Å². The summed E-state index contributed by atoms with van der Waals surface area (Å²) in [6.07, 6.45) is 42.4. The largest absolute Gasteiger partial charge is 0.370 e. The van der Waals surface area contributed by atoms with Crippen LogP contribution in [0.15, 0.2) is 177 Å². The number of benzene rings is 2. The van der Waals surface area contributed by atoms with Crippen LogP contribution in [0.2, 0.25) is 0 Å². The predicted molar refractivity (Wildman–Crippen MR) is 256 cm³/mol. The van der Waals surface area contributed by atoms with Gasteiger partial charge in [0, 0.05) is 29.3 Å². The number of hydrogen-bond acceptors (Lipinski definition) is 6. The number of amidine groups is 2. The van der Waals surface area contributed by atoms with Crippen LogP contribution in [0.3, 0.4) is 0 Å². The second kappa shape index (κ2) is 16.8. The SMILES string of the molecule is CC1C=CC=C2C3=C(C4C(CC3)OC3C=C(C5NCC([C@@H]6CCCCC6C6=CCCC=C6)C=C5C5N=C(c6ccccc6)N=C(c6ccccc6)N5)CCC34)N(C3C=CC=CC3)C21. The molecule has 6 heteroatoms. The summed E-state index contributed by atoms with van der Waals surface area (Å²) in [4.78, 5) is 13.6. The van der Waals surface area contributed by atoms with Gasteiger partial charge in [-0.1, -0.05) is 159 Å². The molecule has 0 radical (unpaired) electrons.